The van der Waals surface area contributed by atoms with E-state index in [-0.39, 0.29) is 0 Å². The third-order valence-electron chi connectivity index (χ3n) is 3.54. The molecule has 0 atom stereocenters. The fourth-order valence-corrected chi connectivity index (χ4v) is 2.49. The second-order valence-electron chi connectivity index (χ2n) is 6.00. The largest absolute Gasteiger partial charge is 0.493 e. The van der Waals surface area contributed by atoms with Crippen LogP contribution in [0.4, 0.5) is 0 Å². The van der Waals surface area contributed by atoms with E-state index in [1.807, 2.05) is 0 Å². The third kappa shape index (κ3) is 4.50. The van der Waals surface area contributed by atoms with E-state index in [4.69, 9.17) is 4.74 Å². The van der Waals surface area contributed by atoms with Crippen LogP contribution >= 0.6 is 0 Å². The van der Waals surface area contributed by atoms with Crippen molar-refractivity contribution in [3.8, 4) is 5.75 Å². The summed E-state index contributed by atoms with van der Waals surface area (Å²) in [4.78, 5) is 0. The van der Waals surface area contributed by atoms with Crippen LogP contribution in [-0.4, -0.2) is 24.3 Å². The Bertz CT molecular complexity index is 545. The maximum absolute atomic E-state index is 5.83. The van der Waals surface area contributed by atoms with Gasteiger partial charge in [-0.3, -0.25) is 0 Å². The van der Waals surface area contributed by atoms with Gasteiger partial charge in [0.05, 0.1) is 12.1 Å². The summed E-state index contributed by atoms with van der Waals surface area (Å²) in [7, 11) is 0. The van der Waals surface area contributed by atoms with Gasteiger partial charge in [0.25, 0.3) is 0 Å². The molecule has 1 heterocycles. The van der Waals surface area contributed by atoms with Crippen LogP contribution in [0.5, 0.6) is 5.75 Å². The standard InChI is InChI=1S/C18H28N2O/c1-4-13-21-18-8-5-7-17-16(18)9-12-20(17)11-6-10-19-14-15(2)3/h5,7-9,12,15,19H,4,6,10-11,13-14H2,1-3H3. The van der Waals surface area contributed by atoms with Gasteiger partial charge in [-0.2, -0.15) is 0 Å². The van der Waals surface area contributed by atoms with E-state index in [2.05, 4.69) is 61.1 Å². The summed E-state index contributed by atoms with van der Waals surface area (Å²) in [5, 5.41) is 4.72. The molecule has 0 aliphatic carbocycles. The zero-order valence-corrected chi connectivity index (χ0v) is 13.6. The van der Waals surface area contributed by atoms with Gasteiger partial charge >= 0.3 is 0 Å². The fourth-order valence-electron chi connectivity index (χ4n) is 2.49. The summed E-state index contributed by atoms with van der Waals surface area (Å²) in [6.07, 6.45) is 4.36. The smallest absolute Gasteiger partial charge is 0.128 e. The number of rotatable bonds is 9. The van der Waals surface area contributed by atoms with Crippen molar-refractivity contribution in [2.24, 2.45) is 5.92 Å². The zero-order valence-electron chi connectivity index (χ0n) is 13.6. The van der Waals surface area contributed by atoms with Gasteiger partial charge in [0, 0.05) is 18.1 Å². The molecular formula is C18H28N2O. The number of ether oxygens (including phenoxy) is 1. The van der Waals surface area contributed by atoms with Gasteiger partial charge < -0.3 is 14.6 Å². The number of hydrogen-bond donors (Lipinski definition) is 1. The number of aromatic nitrogens is 1. The maximum atomic E-state index is 5.83. The summed E-state index contributed by atoms with van der Waals surface area (Å²) in [5.74, 6) is 1.72. The van der Waals surface area contributed by atoms with Crippen LogP contribution in [0, 0.1) is 5.92 Å². The Balaban J connectivity index is 1.95. The van der Waals surface area contributed by atoms with E-state index < -0.39 is 0 Å². The lowest BCUT2D eigenvalue weighted by Crippen LogP contribution is -2.21. The van der Waals surface area contributed by atoms with E-state index in [1.54, 1.807) is 0 Å². The molecule has 116 valence electrons. The molecule has 0 aliphatic heterocycles. The molecule has 0 saturated heterocycles. The van der Waals surface area contributed by atoms with Crippen LogP contribution in [0.15, 0.2) is 30.5 Å². The minimum Gasteiger partial charge on any atom is -0.493 e. The molecule has 0 saturated carbocycles. The van der Waals surface area contributed by atoms with Crippen LogP contribution in [0.1, 0.15) is 33.6 Å². The molecule has 3 nitrogen and oxygen atoms in total. The topological polar surface area (TPSA) is 26.2 Å². The fraction of sp³-hybridized carbons (Fsp3) is 0.556. The van der Waals surface area contributed by atoms with Gasteiger partial charge in [-0.15, -0.1) is 0 Å². The summed E-state index contributed by atoms with van der Waals surface area (Å²) < 4.78 is 8.15. The van der Waals surface area contributed by atoms with Gasteiger partial charge in [-0.25, -0.2) is 0 Å². The number of nitrogens with zero attached hydrogens (tertiary/aromatic N) is 1. The number of benzene rings is 1. The van der Waals surface area contributed by atoms with Crippen LogP contribution in [0.25, 0.3) is 10.9 Å². The molecular weight excluding hydrogens is 260 g/mol. The Kier molecular flexibility index (Phi) is 6.12. The molecule has 3 heteroatoms. The molecule has 0 unspecified atom stereocenters. The minimum absolute atomic E-state index is 0.718. The van der Waals surface area contributed by atoms with E-state index >= 15 is 0 Å². The highest BCUT2D eigenvalue weighted by Crippen LogP contribution is 2.26. The van der Waals surface area contributed by atoms with Crippen molar-refractivity contribution in [2.45, 2.75) is 40.2 Å². The molecule has 1 N–H and O–H groups in total. The zero-order chi connectivity index (χ0) is 15.1. The van der Waals surface area contributed by atoms with E-state index in [0.717, 1.165) is 50.8 Å². The molecule has 21 heavy (non-hydrogen) atoms. The molecule has 0 radical (unpaired) electrons. The molecule has 2 rings (SSSR count). The number of aryl methyl sites for hydroxylation is 1. The first kappa shape index (κ1) is 15.9. The Morgan fingerprint density at radius 1 is 1.24 bits per heavy atom. The lowest BCUT2D eigenvalue weighted by atomic mass is 10.2. The second-order valence-corrected chi connectivity index (χ2v) is 6.00. The summed E-state index contributed by atoms with van der Waals surface area (Å²) in [6.45, 7) is 10.6. The number of hydrogen-bond acceptors (Lipinski definition) is 2. The van der Waals surface area contributed by atoms with Crippen molar-refractivity contribution < 1.29 is 4.74 Å². The van der Waals surface area contributed by atoms with Gasteiger partial charge in [-0.1, -0.05) is 26.8 Å². The van der Waals surface area contributed by atoms with Gasteiger partial charge in [0.15, 0.2) is 0 Å². The van der Waals surface area contributed by atoms with Crippen molar-refractivity contribution in [3.05, 3.63) is 30.5 Å². The van der Waals surface area contributed by atoms with Gasteiger partial charge in [0.2, 0.25) is 0 Å². The van der Waals surface area contributed by atoms with Gasteiger partial charge in [0.1, 0.15) is 5.75 Å². The predicted molar refractivity (Wildman–Crippen MR) is 90.0 cm³/mol. The third-order valence-corrected chi connectivity index (χ3v) is 3.54. The van der Waals surface area contributed by atoms with E-state index in [9.17, 15) is 0 Å². The molecule has 1 aromatic carbocycles. The van der Waals surface area contributed by atoms with E-state index in [0.29, 0.717) is 0 Å². The predicted octanol–water partition coefficient (Wildman–Crippen LogP) is 4.07. The van der Waals surface area contributed by atoms with E-state index in [1.165, 1.54) is 10.9 Å². The first-order chi connectivity index (χ1) is 10.2. The van der Waals surface area contributed by atoms with Crippen molar-refractivity contribution in [1.82, 2.24) is 9.88 Å². The molecule has 1 aromatic heterocycles. The summed E-state index contributed by atoms with van der Waals surface area (Å²) in [6, 6.07) is 8.49. The van der Waals surface area contributed by atoms with Crippen LogP contribution in [0.3, 0.4) is 0 Å². The summed E-state index contributed by atoms with van der Waals surface area (Å²) >= 11 is 0. The van der Waals surface area contributed by atoms with Crippen molar-refractivity contribution >= 4 is 10.9 Å². The lowest BCUT2D eigenvalue weighted by Gasteiger charge is -2.10. The Morgan fingerprint density at radius 3 is 2.86 bits per heavy atom. The molecule has 0 amide bonds. The van der Waals surface area contributed by atoms with Gasteiger partial charge in [-0.05, 0) is 50.0 Å². The van der Waals surface area contributed by atoms with Crippen LogP contribution in [-0.2, 0) is 6.54 Å². The average Bonchev–Trinajstić information content (AvgIpc) is 2.88. The Labute approximate surface area is 128 Å². The first-order valence-corrected chi connectivity index (χ1v) is 8.13. The SMILES string of the molecule is CCCOc1cccc2c1ccn2CCCNCC(C)C. The van der Waals surface area contributed by atoms with Crippen LogP contribution < -0.4 is 10.1 Å². The van der Waals surface area contributed by atoms with Crippen LogP contribution in [0.2, 0.25) is 0 Å². The molecule has 0 bridgehead atoms. The quantitative estimate of drug-likeness (QED) is 0.704. The summed E-state index contributed by atoms with van der Waals surface area (Å²) in [5.41, 5.74) is 1.27. The normalized spacial score (nSPS) is 11.4. The monoisotopic (exact) mass is 288 g/mol. The minimum atomic E-state index is 0.718. The average molecular weight is 288 g/mol. The highest BCUT2D eigenvalue weighted by molar-refractivity contribution is 5.86. The Hall–Kier alpha value is -1.48. The maximum Gasteiger partial charge on any atom is 0.128 e. The second kappa shape index (κ2) is 8.08. The number of nitrogens with one attached hydrogen (secondary N) is 1. The van der Waals surface area contributed by atoms with Crippen molar-refractivity contribution in [1.29, 1.82) is 0 Å². The number of fused-ring (bicyclic) bond motifs is 1. The lowest BCUT2D eigenvalue weighted by molar-refractivity contribution is 0.321. The van der Waals surface area contributed by atoms with Crippen molar-refractivity contribution in [3.63, 3.8) is 0 Å². The molecule has 2 aromatic rings. The molecule has 0 aliphatic rings. The molecule has 0 spiro atoms. The molecule has 0 fully saturated rings. The first-order valence-electron chi connectivity index (χ1n) is 8.13. The highest BCUT2D eigenvalue weighted by atomic mass is 16.5. The highest BCUT2D eigenvalue weighted by Gasteiger charge is 2.06. The van der Waals surface area contributed by atoms with Crippen molar-refractivity contribution in [2.75, 3.05) is 19.7 Å². The Morgan fingerprint density at radius 2 is 2.10 bits per heavy atom.